The zero-order valence-corrected chi connectivity index (χ0v) is 22.1. The summed E-state index contributed by atoms with van der Waals surface area (Å²) in [4.78, 5) is 18.6. The van der Waals surface area contributed by atoms with Gasteiger partial charge in [-0.1, -0.05) is 51.1 Å². The second-order valence-corrected chi connectivity index (χ2v) is 18.1. The summed E-state index contributed by atoms with van der Waals surface area (Å²) in [5.41, 5.74) is 1.02. The van der Waals surface area contributed by atoms with Crippen molar-refractivity contribution in [3.8, 4) is 0 Å². The average molecular weight is 463 g/mol. The van der Waals surface area contributed by atoms with Crippen LogP contribution in [0.2, 0.25) is 37.8 Å². The maximum Gasteiger partial charge on any atom is 0.414 e. The summed E-state index contributed by atoms with van der Waals surface area (Å²) in [6.07, 6.45) is 2.97. The topological polar surface area (TPSA) is 60.4 Å². The van der Waals surface area contributed by atoms with E-state index in [2.05, 4.69) is 45.4 Å². The predicted octanol–water partition coefficient (Wildman–Crippen LogP) is 6.31. The first-order chi connectivity index (χ1) is 14.6. The quantitative estimate of drug-likeness (QED) is 0.220. The molecule has 2 atom stereocenters. The molecule has 2 rings (SSSR count). The van der Waals surface area contributed by atoms with Gasteiger partial charge in [0, 0.05) is 6.21 Å². The van der Waals surface area contributed by atoms with E-state index in [1.54, 1.807) is 17.3 Å². The van der Waals surface area contributed by atoms with Crippen LogP contribution in [-0.2, 0) is 13.6 Å². The largest absolute Gasteiger partial charge is 0.530 e. The molecule has 0 bridgehead atoms. The van der Waals surface area contributed by atoms with Gasteiger partial charge in [-0.05, 0) is 50.3 Å². The van der Waals surface area contributed by atoms with Gasteiger partial charge in [-0.3, -0.25) is 4.90 Å². The zero-order valence-electron chi connectivity index (χ0n) is 20.1. The number of amides is 1. The number of cyclic esters (lactones) is 1. The van der Waals surface area contributed by atoms with Gasteiger partial charge in [0.05, 0.1) is 18.3 Å². The van der Waals surface area contributed by atoms with Gasteiger partial charge in [-0.2, -0.15) is 0 Å². The molecular formula is C23H38N2O4Si2. The molecule has 172 valence electrons. The fraction of sp³-hybridized carbons (Fsp3) is 0.565. The molecule has 1 amide bonds. The van der Waals surface area contributed by atoms with Crippen LogP contribution in [0.15, 0.2) is 47.4 Å². The molecule has 1 aromatic rings. The van der Waals surface area contributed by atoms with E-state index >= 15 is 0 Å². The fourth-order valence-corrected chi connectivity index (χ4v) is 7.21. The van der Waals surface area contributed by atoms with E-state index in [1.165, 1.54) is 0 Å². The monoisotopic (exact) mass is 462 g/mol. The van der Waals surface area contributed by atoms with Gasteiger partial charge in [0.15, 0.2) is 8.32 Å². The summed E-state index contributed by atoms with van der Waals surface area (Å²) in [7, 11) is -3.68. The minimum absolute atomic E-state index is 0.115. The van der Waals surface area contributed by atoms with Crippen molar-refractivity contribution in [3.05, 3.63) is 48.0 Å². The number of nitrogens with zero attached hydrogens (tertiary/aromatic N) is 2. The molecule has 1 saturated heterocycles. The number of hydrogen-bond acceptors (Lipinski definition) is 5. The molecule has 0 radical (unpaired) electrons. The highest BCUT2D eigenvalue weighted by molar-refractivity contribution is 6.73. The molecule has 6 nitrogen and oxygen atoms in total. The summed E-state index contributed by atoms with van der Waals surface area (Å²) >= 11 is 0. The summed E-state index contributed by atoms with van der Waals surface area (Å²) < 4.78 is 18.0. The number of ether oxygens (including phenoxy) is 1. The smallest absolute Gasteiger partial charge is 0.414 e. The number of carbonyl (C=O) groups excluding carboxylic acids is 1. The molecule has 0 aromatic heterocycles. The van der Waals surface area contributed by atoms with Gasteiger partial charge in [0.25, 0.3) is 0 Å². The molecule has 0 unspecified atom stereocenters. The minimum Gasteiger partial charge on any atom is -0.530 e. The molecule has 0 N–H and O–H groups in total. The Morgan fingerprint density at radius 3 is 2.35 bits per heavy atom. The third-order valence-corrected chi connectivity index (χ3v) is 11.1. The van der Waals surface area contributed by atoms with Crippen LogP contribution < -0.4 is 0 Å². The van der Waals surface area contributed by atoms with Crippen LogP contribution in [0.25, 0.3) is 0 Å². The Morgan fingerprint density at radius 1 is 1.19 bits per heavy atom. The van der Waals surface area contributed by atoms with Gasteiger partial charge in [0.1, 0.15) is 6.61 Å². The normalized spacial score (nSPS) is 19.1. The van der Waals surface area contributed by atoms with E-state index in [9.17, 15) is 4.79 Å². The van der Waals surface area contributed by atoms with Crippen molar-refractivity contribution < 1.29 is 18.4 Å². The van der Waals surface area contributed by atoms with Crippen LogP contribution in [-0.4, -0.2) is 46.6 Å². The number of rotatable bonds is 11. The lowest BCUT2D eigenvalue weighted by Crippen LogP contribution is -2.39. The van der Waals surface area contributed by atoms with Crippen LogP contribution in [0, 0.1) is 0 Å². The Morgan fingerprint density at radius 2 is 1.81 bits per heavy atom. The second-order valence-electron chi connectivity index (χ2n) is 8.94. The Bertz CT molecular complexity index is 765. The van der Waals surface area contributed by atoms with Crippen molar-refractivity contribution in [1.29, 1.82) is 0 Å². The lowest BCUT2D eigenvalue weighted by Gasteiger charge is -2.30. The minimum atomic E-state index is -1.95. The molecular weight excluding hydrogens is 424 g/mol. The molecule has 0 saturated carbocycles. The molecule has 31 heavy (non-hydrogen) atoms. The van der Waals surface area contributed by atoms with Crippen molar-refractivity contribution in [2.45, 2.75) is 77.6 Å². The van der Waals surface area contributed by atoms with Crippen LogP contribution >= 0.6 is 0 Å². The highest BCUT2D eigenvalue weighted by Crippen LogP contribution is 2.29. The summed E-state index contributed by atoms with van der Waals surface area (Å²) in [6, 6.07) is 12.9. The van der Waals surface area contributed by atoms with E-state index in [4.69, 9.17) is 13.6 Å². The molecule has 1 aliphatic heterocycles. The number of aliphatic imine (C=N–C) groups is 1. The van der Waals surface area contributed by atoms with Crippen LogP contribution in [0.3, 0.4) is 0 Å². The highest BCUT2D eigenvalue weighted by atomic mass is 28.4. The molecule has 1 aliphatic rings. The Balaban J connectivity index is 2.27. The molecule has 8 heteroatoms. The van der Waals surface area contributed by atoms with Gasteiger partial charge < -0.3 is 13.6 Å². The third-order valence-electron chi connectivity index (χ3n) is 5.54. The molecule has 1 heterocycles. The van der Waals surface area contributed by atoms with E-state index in [0.29, 0.717) is 12.5 Å². The summed E-state index contributed by atoms with van der Waals surface area (Å²) in [6.45, 7) is 15.3. The highest BCUT2D eigenvalue weighted by Gasteiger charge is 2.34. The number of benzene rings is 1. The van der Waals surface area contributed by atoms with Gasteiger partial charge in [-0.25, -0.2) is 9.79 Å². The zero-order chi connectivity index (χ0) is 23.1. The first kappa shape index (κ1) is 25.4. The molecule has 0 spiro atoms. The lowest BCUT2D eigenvalue weighted by molar-refractivity contribution is 0.165. The fourth-order valence-electron chi connectivity index (χ4n) is 3.63. The molecule has 1 aromatic carbocycles. The molecule has 0 aliphatic carbocycles. The summed E-state index contributed by atoms with van der Waals surface area (Å²) in [5.74, 6) is 0.422. The maximum atomic E-state index is 12.4. The predicted molar refractivity (Wildman–Crippen MR) is 131 cm³/mol. The summed E-state index contributed by atoms with van der Waals surface area (Å²) in [5, 5.41) is 0. The van der Waals surface area contributed by atoms with Crippen molar-refractivity contribution in [2.75, 3.05) is 6.61 Å². The number of carbonyl (C=O) groups is 1. The standard InChI is InChI=1S/C23H38N2O4Si2/c1-8-31(9-2,10-3)28-19(4)16-24-22(29-30(5,6)7)17-25-21(18-27-23(25)26)20-14-12-11-13-15-20/h11-17,19,21H,8-10,18H2,1-7H3/b22-17+,24-16+/t19-,21+/m0/s1. The first-order valence-corrected chi connectivity index (χ1v) is 17.2. The molecule has 1 fully saturated rings. The third kappa shape index (κ3) is 7.33. The first-order valence-electron chi connectivity index (χ1n) is 11.3. The van der Waals surface area contributed by atoms with Gasteiger partial charge >= 0.3 is 6.09 Å². The van der Waals surface area contributed by atoms with Crippen molar-refractivity contribution in [2.24, 2.45) is 4.99 Å². The van der Waals surface area contributed by atoms with Crippen LogP contribution in [0.5, 0.6) is 0 Å². The van der Waals surface area contributed by atoms with Crippen LogP contribution in [0.1, 0.15) is 39.3 Å². The Hall–Kier alpha value is -1.91. The van der Waals surface area contributed by atoms with Crippen molar-refractivity contribution in [1.82, 2.24) is 4.90 Å². The van der Waals surface area contributed by atoms with E-state index in [0.717, 1.165) is 23.7 Å². The van der Waals surface area contributed by atoms with E-state index in [1.807, 2.05) is 37.3 Å². The van der Waals surface area contributed by atoms with Crippen LogP contribution in [0.4, 0.5) is 4.79 Å². The maximum absolute atomic E-state index is 12.4. The lowest BCUT2D eigenvalue weighted by atomic mass is 10.1. The van der Waals surface area contributed by atoms with Crippen molar-refractivity contribution in [3.63, 3.8) is 0 Å². The SMILES string of the molecule is CC[Si](CC)(CC)O[C@@H](C)/C=N/C(=C\N1C(=O)OC[C@@H]1c1ccccc1)O[Si](C)(C)C. The van der Waals surface area contributed by atoms with Gasteiger partial charge in [-0.15, -0.1) is 0 Å². The van der Waals surface area contributed by atoms with Gasteiger partial charge in [0.2, 0.25) is 14.2 Å². The van der Waals surface area contributed by atoms with Crippen molar-refractivity contribution >= 4 is 28.9 Å². The number of hydrogen-bond donors (Lipinski definition) is 0. The average Bonchev–Trinajstić information content (AvgIpc) is 3.10. The van der Waals surface area contributed by atoms with E-state index in [-0.39, 0.29) is 18.2 Å². The van der Waals surface area contributed by atoms with E-state index < -0.39 is 16.6 Å². The Labute approximate surface area is 189 Å². The second kappa shape index (κ2) is 11.1. The Kier molecular flexibility index (Phi) is 9.08.